The van der Waals surface area contributed by atoms with Crippen LogP contribution in [-0.2, 0) is 10.9 Å². The lowest BCUT2D eigenvalue weighted by Crippen LogP contribution is -2.16. The molecule has 0 spiro atoms. The van der Waals surface area contributed by atoms with Crippen molar-refractivity contribution in [2.75, 3.05) is 13.9 Å². The first kappa shape index (κ1) is 17.9. The van der Waals surface area contributed by atoms with Crippen molar-refractivity contribution in [2.24, 2.45) is 0 Å². The molecule has 0 radical (unpaired) electrons. The van der Waals surface area contributed by atoms with Crippen LogP contribution < -0.4 is 4.74 Å². The Morgan fingerprint density at radius 1 is 1.00 bits per heavy atom. The summed E-state index contributed by atoms with van der Waals surface area (Å²) in [5.74, 6) is -1.16. The Morgan fingerprint density at radius 2 is 1.69 bits per heavy atom. The molecule has 1 heterocycles. The Balaban J connectivity index is 2.20. The molecule has 3 aromatic rings. The van der Waals surface area contributed by atoms with Gasteiger partial charge in [-0.25, -0.2) is 4.57 Å². The highest BCUT2D eigenvalue weighted by atomic mass is 19.4. The predicted octanol–water partition coefficient (Wildman–Crippen LogP) is 4.24. The van der Waals surface area contributed by atoms with Crippen LogP contribution >= 0.6 is 0 Å². The van der Waals surface area contributed by atoms with Gasteiger partial charge in [-0.15, -0.1) is 5.10 Å². The number of methoxy groups -OCH3 is 1. The topological polar surface area (TPSA) is 49.2 Å². The highest BCUT2D eigenvalue weighted by molar-refractivity contribution is 5.73. The first-order chi connectivity index (χ1) is 12.4. The molecule has 2 aromatic carbocycles. The van der Waals surface area contributed by atoms with Crippen LogP contribution in [0.15, 0.2) is 48.5 Å². The summed E-state index contributed by atoms with van der Waals surface area (Å²) in [7, 11) is 1.37. The molecule has 26 heavy (non-hydrogen) atoms. The molecule has 3 rings (SSSR count). The number of hydrogen-bond acceptors (Lipinski definition) is 4. The predicted molar refractivity (Wildman–Crippen MR) is 89.0 cm³/mol. The number of aryl methyl sites for hydroxylation is 1. The second-order valence-corrected chi connectivity index (χ2v) is 5.57. The van der Waals surface area contributed by atoms with Crippen molar-refractivity contribution in [3.8, 4) is 22.8 Å². The van der Waals surface area contributed by atoms with Crippen LogP contribution in [0, 0.1) is 6.92 Å². The minimum atomic E-state index is -4.69. The van der Waals surface area contributed by atoms with Crippen molar-refractivity contribution < 1.29 is 22.6 Å². The number of nitrogens with zero attached hydrogens (tertiary/aromatic N) is 3. The van der Waals surface area contributed by atoms with Crippen molar-refractivity contribution in [3.05, 3.63) is 59.9 Å². The maximum Gasteiger partial charge on any atom is 0.452 e. The number of alkyl halides is 3. The molecule has 0 aliphatic rings. The number of halogens is 3. The fraction of sp³-hybridized carbons (Fsp3) is 0.222. The van der Waals surface area contributed by atoms with E-state index in [1.807, 2.05) is 31.2 Å². The first-order valence-corrected chi connectivity index (χ1v) is 7.72. The van der Waals surface area contributed by atoms with Crippen LogP contribution in [0.25, 0.3) is 16.8 Å². The molecule has 0 unspecified atom stereocenters. The highest BCUT2D eigenvalue weighted by Crippen LogP contribution is 2.36. The zero-order valence-corrected chi connectivity index (χ0v) is 14.1. The Bertz CT molecular complexity index is 889. The van der Waals surface area contributed by atoms with Gasteiger partial charge < -0.3 is 9.47 Å². The van der Waals surface area contributed by atoms with Crippen molar-refractivity contribution in [1.82, 2.24) is 14.8 Å². The molecule has 1 aromatic heterocycles. The van der Waals surface area contributed by atoms with E-state index in [4.69, 9.17) is 9.47 Å². The van der Waals surface area contributed by atoms with Gasteiger partial charge in [-0.1, -0.05) is 53.1 Å². The van der Waals surface area contributed by atoms with Crippen molar-refractivity contribution >= 4 is 0 Å². The molecule has 0 amide bonds. The zero-order chi connectivity index (χ0) is 18.7. The maximum atomic E-state index is 13.4. The Morgan fingerprint density at radius 3 is 2.35 bits per heavy atom. The normalized spacial score (nSPS) is 11.6. The molecule has 0 bridgehead atoms. The summed E-state index contributed by atoms with van der Waals surface area (Å²) in [4.78, 5) is 0. The number of aromatic nitrogens is 3. The largest absolute Gasteiger partial charge is 0.452 e. The summed E-state index contributed by atoms with van der Waals surface area (Å²) in [6.07, 6.45) is -4.69. The minimum absolute atomic E-state index is 0.247. The molecule has 5 nitrogen and oxygen atoms in total. The smallest absolute Gasteiger partial charge is 0.436 e. The Hall–Kier alpha value is -2.87. The standard InChI is InChI=1S/C18H16F3N3O2/c1-12-7-9-13(10-8-12)14-5-3-4-6-15(14)24-16(18(19,20)21)22-23-17(24)26-11-25-2/h3-10H,11H2,1-2H3. The van der Waals surface area contributed by atoms with Crippen LogP contribution in [0.4, 0.5) is 13.2 Å². The van der Waals surface area contributed by atoms with E-state index >= 15 is 0 Å². The van der Waals surface area contributed by atoms with E-state index in [0.717, 1.165) is 15.7 Å². The van der Waals surface area contributed by atoms with E-state index in [0.29, 0.717) is 5.56 Å². The Kier molecular flexibility index (Phi) is 4.94. The molecule has 0 aliphatic carbocycles. The number of para-hydroxylation sites is 1. The second kappa shape index (κ2) is 7.17. The highest BCUT2D eigenvalue weighted by Gasteiger charge is 2.40. The van der Waals surface area contributed by atoms with Crippen molar-refractivity contribution in [1.29, 1.82) is 0 Å². The summed E-state index contributed by atoms with van der Waals surface area (Å²) in [6, 6.07) is 13.9. The van der Waals surface area contributed by atoms with Gasteiger partial charge in [0.15, 0.2) is 6.79 Å². The second-order valence-electron chi connectivity index (χ2n) is 5.57. The van der Waals surface area contributed by atoms with Crippen LogP contribution in [0.1, 0.15) is 11.4 Å². The van der Waals surface area contributed by atoms with E-state index in [9.17, 15) is 13.2 Å². The van der Waals surface area contributed by atoms with Gasteiger partial charge in [-0.3, -0.25) is 0 Å². The summed E-state index contributed by atoms with van der Waals surface area (Å²) >= 11 is 0. The molecule has 0 atom stereocenters. The van der Waals surface area contributed by atoms with E-state index in [2.05, 4.69) is 10.2 Å². The van der Waals surface area contributed by atoms with Gasteiger partial charge in [0, 0.05) is 12.7 Å². The zero-order valence-electron chi connectivity index (χ0n) is 14.1. The van der Waals surface area contributed by atoms with Crippen LogP contribution in [0.3, 0.4) is 0 Å². The number of rotatable bonds is 5. The van der Waals surface area contributed by atoms with Gasteiger partial charge in [0.25, 0.3) is 0 Å². The molecular formula is C18H16F3N3O2. The average Bonchev–Trinajstić information content (AvgIpc) is 3.05. The minimum Gasteiger partial charge on any atom is -0.436 e. The molecular weight excluding hydrogens is 347 g/mol. The van der Waals surface area contributed by atoms with Crippen LogP contribution in [0.2, 0.25) is 0 Å². The van der Waals surface area contributed by atoms with Crippen molar-refractivity contribution in [2.45, 2.75) is 13.1 Å². The average molecular weight is 363 g/mol. The summed E-state index contributed by atoms with van der Waals surface area (Å²) in [6.45, 7) is 1.69. The molecule has 0 saturated carbocycles. The summed E-state index contributed by atoms with van der Waals surface area (Å²) in [5, 5.41) is 6.81. The number of ether oxygens (including phenoxy) is 2. The van der Waals surface area contributed by atoms with Gasteiger partial charge in [0.05, 0.1) is 5.69 Å². The number of benzene rings is 2. The monoisotopic (exact) mass is 363 g/mol. The SMILES string of the molecule is COCOc1nnc(C(F)(F)F)n1-c1ccccc1-c1ccc(C)cc1. The quantitative estimate of drug-likeness (QED) is 0.636. The summed E-state index contributed by atoms with van der Waals surface area (Å²) in [5.41, 5.74) is 2.68. The van der Waals surface area contributed by atoms with E-state index in [1.54, 1.807) is 24.3 Å². The third-order valence-corrected chi connectivity index (χ3v) is 3.70. The molecule has 0 saturated heterocycles. The maximum absolute atomic E-state index is 13.4. The number of hydrogen-bond donors (Lipinski definition) is 0. The third-order valence-electron chi connectivity index (χ3n) is 3.70. The van der Waals surface area contributed by atoms with Gasteiger partial charge in [0.1, 0.15) is 0 Å². The lowest BCUT2D eigenvalue weighted by Gasteiger charge is -2.16. The van der Waals surface area contributed by atoms with E-state index in [1.165, 1.54) is 7.11 Å². The van der Waals surface area contributed by atoms with Gasteiger partial charge in [0.2, 0.25) is 5.82 Å². The fourth-order valence-corrected chi connectivity index (χ4v) is 2.52. The van der Waals surface area contributed by atoms with Crippen LogP contribution in [-0.4, -0.2) is 28.7 Å². The van der Waals surface area contributed by atoms with Crippen molar-refractivity contribution in [3.63, 3.8) is 0 Å². The van der Waals surface area contributed by atoms with Crippen LogP contribution in [0.5, 0.6) is 6.01 Å². The molecule has 0 fully saturated rings. The Labute approximate surface area is 148 Å². The van der Waals surface area contributed by atoms with Gasteiger partial charge >= 0.3 is 12.2 Å². The summed E-state index contributed by atoms with van der Waals surface area (Å²) < 4.78 is 51.2. The first-order valence-electron chi connectivity index (χ1n) is 7.72. The van der Waals surface area contributed by atoms with E-state index < -0.39 is 12.0 Å². The molecule has 8 heteroatoms. The van der Waals surface area contributed by atoms with Gasteiger partial charge in [-0.2, -0.15) is 13.2 Å². The van der Waals surface area contributed by atoms with Gasteiger partial charge in [-0.05, 0) is 18.6 Å². The molecule has 136 valence electrons. The molecule has 0 N–H and O–H groups in total. The third kappa shape index (κ3) is 3.55. The lowest BCUT2D eigenvalue weighted by molar-refractivity contribution is -0.146. The lowest BCUT2D eigenvalue weighted by atomic mass is 10.0. The fourth-order valence-electron chi connectivity index (χ4n) is 2.52. The molecule has 0 aliphatic heterocycles. The van der Waals surface area contributed by atoms with E-state index in [-0.39, 0.29) is 18.5 Å².